The Morgan fingerprint density at radius 3 is 2.96 bits per heavy atom. The summed E-state index contributed by atoms with van der Waals surface area (Å²) in [5.41, 5.74) is 2.04. The Morgan fingerprint density at radius 2 is 2.22 bits per heavy atom. The first kappa shape index (κ1) is 18.0. The maximum Gasteiger partial charge on any atom is 0.224 e. The minimum absolute atomic E-state index is 0.0189. The minimum Gasteiger partial charge on any atom is -0.379 e. The Hall–Kier alpha value is -1.36. The highest BCUT2D eigenvalue weighted by Crippen LogP contribution is 2.16. The Kier molecular flexibility index (Phi) is 7.09. The first-order valence-electron chi connectivity index (χ1n) is 7.91. The van der Waals surface area contributed by atoms with Crippen molar-refractivity contribution < 1.29 is 14.3 Å². The number of amides is 1. The summed E-state index contributed by atoms with van der Waals surface area (Å²) in [6.07, 6.45) is 3.07. The lowest BCUT2D eigenvalue weighted by atomic mass is 10.1. The van der Waals surface area contributed by atoms with Crippen molar-refractivity contribution in [1.29, 1.82) is 0 Å². The summed E-state index contributed by atoms with van der Waals surface area (Å²) in [6, 6.07) is 7.26. The van der Waals surface area contributed by atoms with Gasteiger partial charge < -0.3 is 14.8 Å². The number of ether oxygens (including phenoxy) is 2. The van der Waals surface area contributed by atoms with Crippen molar-refractivity contribution in [3.8, 4) is 0 Å². The maximum atomic E-state index is 12.3. The molecule has 1 amide bonds. The highest BCUT2D eigenvalue weighted by molar-refractivity contribution is 6.31. The van der Waals surface area contributed by atoms with E-state index in [1.807, 2.05) is 38.1 Å². The maximum absolute atomic E-state index is 12.3. The zero-order valence-electron chi connectivity index (χ0n) is 13.7. The normalized spacial score (nSPS) is 20.8. The smallest absolute Gasteiger partial charge is 0.224 e. The van der Waals surface area contributed by atoms with Crippen molar-refractivity contribution in [3.05, 3.63) is 46.5 Å². The van der Waals surface area contributed by atoms with Crippen molar-refractivity contribution in [2.75, 3.05) is 19.8 Å². The third-order valence-electron chi connectivity index (χ3n) is 3.75. The summed E-state index contributed by atoms with van der Waals surface area (Å²) >= 11 is 6.10. The van der Waals surface area contributed by atoms with Crippen LogP contribution in [0.5, 0.6) is 0 Å². The molecule has 126 valence electrons. The standard InChI is InChI=1S/C18H24ClNO3/c1-13(2)7-10-23-17-8-9-22-12-16(17)20-18(21)11-14-5-3-4-6-15(14)19/h3-7,16-17H,8-12H2,1-2H3,(H,20,21)/t16-,17+/m1/s1. The van der Waals surface area contributed by atoms with Crippen LogP contribution in [-0.2, 0) is 20.7 Å². The van der Waals surface area contributed by atoms with Crippen LogP contribution in [0.3, 0.4) is 0 Å². The molecule has 2 atom stereocenters. The molecule has 0 aromatic heterocycles. The number of carbonyl (C=O) groups excluding carboxylic acids is 1. The highest BCUT2D eigenvalue weighted by Gasteiger charge is 2.27. The van der Waals surface area contributed by atoms with Crippen LogP contribution in [0.25, 0.3) is 0 Å². The molecule has 2 rings (SSSR count). The molecule has 1 fully saturated rings. The third kappa shape index (κ3) is 5.98. The van der Waals surface area contributed by atoms with Crippen LogP contribution in [0.1, 0.15) is 25.8 Å². The average molecular weight is 338 g/mol. The predicted molar refractivity (Wildman–Crippen MR) is 91.7 cm³/mol. The van der Waals surface area contributed by atoms with Gasteiger partial charge >= 0.3 is 0 Å². The van der Waals surface area contributed by atoms with Crippen molar-refractivity contribution in [1.82, 2.24) is 5.32 Å². The molecule has 0 spiro atoms. The van der Waals surface area contributed by atoms with Crippen LogP contribution in [0.15, 0.2) is 35.9 Å². The van der Waals surface area contributed by atoms with Crippen molar-refractivity contribution in [2.45, 2.75) is 38.8 Å². The van der Waals surface area contributed by atoms with E-state index in [4.69, 9.17) is 21.1 Å². The van der Waals surface area contributed by atoms with E-state index in [0.29, 0.717) is 24.8 Å². The second-order valence-corrected chi connectivity index (χ2v) is 6.37. The summed E-state index contributed by atoms with van der Waals surface area (Å²) in [5, 5.41) is 3.62. The summed E-state index contributed by atoms with van der Waals surface area (Å²) in [7, 11) is 0. The topological polar surface area (TPSA) is 47.6 Å². The first-order valence-corrected chi connectivity index (χ1v) is 8.29. The number of rotatable bonds is 6. The quantitative estimate of drug-likeness (QED) is 0.811. The fraction of sp³-hybridized carbons (Fsp3) is 0.500. The van der Waals surface area contributed by atoms with E-state index in [-0.39, 0.29) is 24.5 Å². The van der Waals surface area contributed by atoms with E-state index < -0.39 is 0 Å². The van der Waals surface area contributed by atoms with Crippen LogP contribution in [0.2, 0.25) is 5.02 Å². The number of hydrogen-bond donors (Lipinski definition) is 1. The van der Waals surface area contributed by atoms with E-state index in [1.165, 1.54) is 5.57 Å². The van der Waals surface area contributed by atoms with Gasteiger partial charge in [0.05, 0.1) is 31.8 Å². The molecule has 23 heavy (non-hydrogen) atoms. The van der Waals surface area contributed by atoms with Crippen LogP contribution in [0.4, 0.5) is 0 Å². The molecule has 1 heterocycles. The molecule has 5 heteroatoms. The number of hydrogen-bond acceptors (Lipinski definition) is 3. The Morgan fingerprint density at radius 1 is 1.43 bits per heavy atom. The van der Waals surface area contributed by atoms with Crippen LogP contribution in [0, 0.1) is 0 Å². The monoisotopic (exact) mass is 337 g/mol. The SMILES string of the molecule is CC(C)=CCO[C@H]1CCOC[C@H]1NC(=O)Cc1ccccc1Cl. The van der Waals surface area contributed by atoms with Gasteiger partial charge in [-0.3, -0.25) is 4.79 Å². The lowest BCUT2D eigenvalue weighted by Gasteiger charge is -2.32. The van der Waals surface area contributed by atoms with E-state index in [2.05, 4.69) is 5.32 Å². The van der Waals surface area contributed by atoms with Crippen LogP contribution in [-0.4, -0.2) is 37.9 Å². The average Bonchev–Trinajstić information content (AvgIpc) is 2.51. The molecule has 0 unspecified atom stereocenters. The molecule has 1 aliphatic heterocycles. The number of nitrogens with one attached hydrogen (secondary N) is 1. The van der Waals surface area contributed by atoms with Gasteiger partial charge in [-0.2, -0.15) is 0 Å². The van der Waals surface area contributed by atoms with Crippen LogP contribution >= 0.6 is 11.6 Å². The van der Waals surface area contributed by atoms with E-state index in [9.17, 15) is 4.79 Å². The number of carbonyl (C=O) groups is 1. The molecule has 0 radical (unpaired) electrons. The summed E-state index contributed by atoms with van der Waals surface area (Å²) in [4.78, 5) is 12.3. The molecule has 0 saturated carbocycles. The molecule has 0 bridgehead atoms. The van der Waals surface area contributed by atoms with Gasteiger partial charge in [-0.05, 0) is 31.9 Å². The Labute approximate surface area is 142 Å². The van der Waals surface area contributed by atoms with Gasteiger partial charge in [0.15, 0.2) is 0 Å². The van der Waals surface area contributed by atoms with E-state index >= 15 is 0 Å². The zero-order chi connectivity index (χ0) is 16.7. The van der Waals surface area contributed by atoms with Crippen molar-refractivity contribution >= 4 is 17.5 Å². The van der Waals surface area contributed by atoms with Gasteiger partial charge in [-0.1, -0.05) is 41.4 Å². The molecule has 1 aliphatic rings. The molecular weight excluding hydrogens is 314 g/mol. The molecular formula is C18H24ClNO3. The molecule has 4 nitrogen and oxygen atoms in total. The number of benzene rings is 1. The second kappa shape index (κ2) is 9.06. The molecule has 1 N–H and O–H groups in total. The highest BCUT2D eigenvalue weighted by atomic mass is 35.5. The van der Waals surface area contributed by atoms with Gasteiger partial charge in [-0.15, -0.1) is 0 Å². The molecule has 0 aliphatic carbocycles. The zero-order valence-corrected chi connectivity index (χ0v) is 14.4. The molecule has 1 saturated heterocycles. The summed E-state index contributed by atoms with van der Waals surface area (Å²) in [5.74, 6) is -0.0654. The second-order valence-electron chi connectivity index (χ2n) is 5.96. The largest absolute Gasteiger partial charge is 0.379 e. The van der Waals surface area contributed by atoms with E-state index in [0.717, 1.165) is 12.0 Å². The third-order valence-corrected chi connectivity index (χ3v) is 4.12. The lowest BCUT2D eigenvalue weighted by molar-refractivity contribution is -0.125. The molecule has 1 aromatic rings. The van der Waals surface area contributed by atoms with Crippen molar-refractivity contribution in [2.24, 2.45) is 0 Å². The van der Waals surface area contributed by atoms with Gasteiger partial charge in [0, 0.05) is 11.6 Å². The van der Waals surface area contributed by atoms with Gasteiger partial charge in [0.1, 0.15) is 0 Å². The summed E-state index contributed by atoms with van der Waals surface area (Å²) < 4.78 is 11.4. The van der Waals surface area contributed by atoms with Gasteiger partial charge in [0.2, 0.25) is 5.91 Å². The van der Waals surface area contributed by atoms with Gasteiger partial charge in [0.25, 0.3) is 0 Å². The Bertz CT molecular complexity index is 555. The molecule has 1 aromatic carbocycles. The predicted octanol–water partition coefficient (Wildman–Crippen LogP) is 3.14. The fourth-order valence-corrected chi connectivity index (χ4v) is 2.67. The van der Waals surface area contributed by atoms with Gasteiger partial charge in [-0.25, -0.2) is 0 Å². The lowest BCUT2D eigenvalue weighted by Crippen LogP contribution is -2.51. The van der Waals surface area contributed by atoms with E-state index in [1.54, 1.807) is 6.07 Å². The number of allylic oxidation sites excluding steroid dienone is 1. The fourth-order valence-electron chi connectivity index (χ4n) is 2.46. The summed E-state index contributed by atoms with van der Waals surface area (Å²) in [6.45, 7) is 5.78. The van der Waals surface area contributed by atoms with Crippen LogP contribution < -0.4 is 5.32 Å². The number of halogens is 1. The first-order chi connectivity index (χ1) is 11.1. The van der Waals surface area contributed by atoms with Crippen molar-refractivity contribution in [3.63, 3.8) is 0 Å². The minimum atomic E-state index is -0.121. The Balaban J connectivity index is 1.89.